The lowest BCUT2D eigenvalue weighted by atomic mass is 10.1. The van der Waals surface area contributed by atoms with Gasteiger partial charge in [0.25, 0.3) is 0 Å². The Morgan fingerprint density at radius 1 is 1.00 bits per heavy atom. The zero-order chi connectivity index (χ0) is 15.1. The van der Waals surface area contributed by atoms with Crippen molar-refractivity contribution in [3.63, 3.8) is 0 Å². The number of imidazole rings is 1. The minimum Gasteiger partial charge on any atom is -0.376 e. The van der Waals surface area contributed by atoms with Crippen molar-refractivity contribution in [1.82, 2.24) is 9.55 Å². The largest absolute Gasteiger partial charge is 0.376 e. The first-order valence-corrected chi connectivity index (χ1v) is 7.10. The summed E-state index contributed by atoms with van der Waals surface area (Å²) < 4.78 is 19.0. The molecule has 0 saturated heterocycles. The number of nitrogens with zero attached hydrogens (tertiary/aromatic N) is 2. The number of ether oxygens (including phenoxy) is 3. The lowest BCUT2D eigenvalue weighted by Crippen LogP contribution is -2.33. The Bertz CT molecular complexity index is 356. The monoisotopic (exact) mass is 284 g/mol. The van der Waals surface area contributed by atoms with Crippen LogP contribution in [-0.2, 0) is 20.8 Å². The van der Waals surface area contributed by atoms with Crippen LogP contribution >= 0.6 is 0 Å². The fourth-order valence-corrected chi connectivity index (χ4v) is 1.61. The van der Waals surface area contributed by atoms with Crippen LogP contribution in [0.1, 0.15) is 34.6 Å². The normalized spacial score (nSPS) is 12.8. The smallest absolute Gasteiger partial charge is 0.0946 e. The third kappa shape index (κ3) is 8.30. The molecule has 1 aromatic rings. The van der Waals surface area contributed by atoms with Crippen LogP contribution in [0.15, 0.2) is 18.7 Å². The van der Waals surface area contributed by atoms with E-state index in [4.69, 9.17) is 14.2 Å². The maximum atomic E-state index is 5.84. The fraction of sp³-hybridized carbons (Fsp3) is 0.800. The summed E-state index contributed by atoms with van der Waals surface area (Å²) in [6.07, 6.45) is 5.48. The second-order valence-corrected chi connectivity index (χ2v) is 6.42. The van der Waals surface area contributed by atoms with Crippen molar-refractivity contribution in [3.05, 3.63) is 18.7 Å². The molecule has 0 saturated carbocycles. The van der Waals surface area contributed by atoms with E-state index in [2.05, 4.69) is 4.98 Å². The van der Waals surface area contributed by atoms with Gasteiger partial charge in [-0.2, -0.15) is 0 Å². The van der Waals surface area contributed by atoms with Crippen molar-refractivity contribution < 1.29 is 14.2 Å². The maximum Gasteiger partial charge on any atom is 0.0946 e. The van der Waals surface area contributed by atoms with Gasteiger partial charge >= 0.3 is 0 Å². The lowest BCUT2D eigenvalue weighted by molar-refractivity contribution is -0.0943. The van der Waals surface area contributed by atoms with Gasteiger partial charge in [0.05, 0.1) is 44.0 Å². The van der Waals surface area contributed by atoms with E-state index < -0.39 is 0 Å². The average molecular weight is 284 g/mol. The van der Waals surface area contributed by atoms with E-state index in [1.807, 2.05) is 45.4 Å². The first-order chi connectivity index (χ1) is 9.29. The van der Waals surface area contributed by atoms with Crippen LogP contribution in [-0.4, -0.2) is 47.2 Å². The highest BCUT2D eigenvalue weighted by atomic mass is 16.6. The second-order valence-electron chi connectivity index (χ2n) is 6.42. The summed E-state index contributed by atoms with van der Waals surface area (Å²) in [6, 6.07) is 0. The van der Waals surface area contributed by atoms with Crippen LogP contribution in [0.4, 0.5) is 0 Å². The fourth-order valence-electron chi connectivity index (χ4n) is 1.61. The topological polar surface area (TPSA) is 45.5 Å². The van der Waals surface area contributed by atoms with Gasteiger partial charge in [-0.05, 0) is 34.6 Å². The molecule has 5 nitrogen and oxygen atoms in total. The van der Waals surface area contributed by atoms with E-state index in [1.165, 1.54) is 0 Å². The van der Waals surface area contributed by atoms with Crippen LogP contribution in [0.3, 0.4) is 0 Å². The van der Waals surface area contributed by atoms with E-state index in [0.717, 1.165) is 6.54 Å². The molecule has 0 N–H and O–H groups in total. The van der Waals surface area contributed by atoms with Gasteiger partial charge in [-0.1, -0.05) is 0 Å². The zero-order valence-electron chi connectivity index (χ0n) is 13.4. The van der Waals surface area contributed by atoms with Gasteiger partial charge in [0.1, 0.15) is 0 Å². The van der Waals surface area contributed by atoms with Crippen molar-refractivity contribution in [2.45, 2.75) is 52.4 Å². The molecule has 5 heteroatoms. The predicted octanol–water partition coefficient (Wildman–Crippen LogP) is 2.51. The van der Waals surface area contributed by atoms with E-state index in [0.29, 0.717) is 26.4 Å². The number of aromatic nitrogens is 2. The van der Waals surface area contributed by atoms with Gasteiger partial charge in [-0.25, -0.2) is 4.98 Å². The van der Waals surface area contributed by atoms with Crippen molar-refractivity contribution in [1.29, 1.82) is 0 Å². The summed E-state index contributed by atoms with van der Waals surface area (Å²) in [4.78, 5) is 4.00. The van der Waals surface area contributed by atoms with Gasteiger partial charge in [-0.3, -0.25) is 0 Å². The minimum absolute atomic E-state index is 0.111. The molecule has 1 aromatic heterocycles. The molecule has 0 fully saturated rings. The minimum atomic E-state index is -0.289. The van der Waals surface area contributed by atoms with Crippen molar-refractivity contribution in [2.75, 3.05) is 26.4 Å². The third-order valence-electron chi connectivity index (χ3n) is 2.61. The molecule has 116 valence electrons. The first kappa shape index (κ1) is 17.1. The van der Waals surface area contributed by atoms with Crippen LogP contribution in [0, 0.1) is 0 Å². The Labute approximate surface area is 122 Å². The molecule has 0 spiro atoms. The summed E-state index contributed by atoms with van der Waals surface area (Å²) in [5.41, 5.74) is -0.400. The van der Waals surface area contributed by atoms with E-state index in [9.17, 15) is 0 Å². The Morgan fingerprint density at radius 3 is 2.35 bits per heavy atom. The molecule has 0 aromatic carbocycles. The Kier molecular flexibility index (Phi) is 6.65. The number of rotatable bonds is 9. The molecule has 0 atom stereocenters. The van der Waals surface area contributed by atoms with Gasteiger partial charge in [-0.15, -0.1) is 0 Å². The quantitative estimate of drug-likeness (QED) is 0.654. The van der Waals surface area contributed by atoms with Gasteiger partial charge < -0.3 is 18.8 Å². The maximum absolute atomic E-state index is 5.84. The van der Waals surface area contributed by atoms with Crippen LogP contribution < -0.4 is 0 Å². The predicted molar refractivity (Wildman–Crippen MR) is 78.8 cm³/mol. The molecule has 0 radical (unpaired) electrons. The highest BCUT2D eigenvalue weighted by Crippen LogP contribution is 2.10. The van der Waals surface area contributed by atoms with Crippen LogP contribution in [0.2, 0.25) is 0 Å². The van der Waals surface area contributed by atoms with Gasteiger partial charge in [0.15, 0.2) is 0 Å². The standard InChI is InChI=1S/C15H28N2O3/c1-14(2,3)19-11-10-18-12-15(4,5)20-9-8-17-7-6-16-13-17/h6-7,13H,8-12H2,1-5H3. The SMILES string of the molecule is CC(C)(C)OCCOCC(C)(C)OCCn1ccnc1. The van der Waals surface area contributed by atoms with E-state index >= 15 is 0 Å². The molecule has 0 unspecified atom stereocenters. The van der Waals surface area contributed by atoms with Crippen molar-refractivity contribution >= 4 is 0 Å². The highest BCUT2D eigenvalue weighted by Gasteiger charge is 2.18. The third-order valence-corrected chi connectivity index (χ3v) is 2.61. The first-order valence-electron chi connectivity index (χ1n) is 7.10. The second kappa shape index (κ2) is 7.76. The zero-order valence-corrected chi connectivity index (χ0v) is 13.4. The van der Waals surface area contributed by atoms with Gasteiger partial charge in [0, 0.05) is 18.9 Å². The molecule has 20 heavy (non-hydrogen) atoms. The highest BCUT2D eigenvalue weighted by molar-refractivity contribution is 4.74. The Hall–Kier alpha value is -0.910. The van der Waals surface area contributed by atoms with E-state index in [1.54, 1.807) is 12.5 Å². The van der Waals surface area contributed by atoms with Crippen molar-refractivity contribution in [2.24, 2.45) is 0 Å². The molecule has 0 amide bonds. The van der Waals surface area contributed by atoms with Crippen molar-refractivity contribution in [3.8, 4) is 0 Å². The lowest BCUT2D eigenvalue weighted by Gasteiger charge is -2.26. The summed E-state index contributed by atoms with van der Waals surface area (Å²) in [7, 11) is 0. The summed E-state index contributed by atoms with van der Waals surface area (Å²) in [5.74, 6) is 0. The number of hydrogen-bond donors (Lipinski definition) is 0. The summed E-state index contributed by atoms with van der Waals surface area (Å²) in [5, 5.41) is 0. The molecule has 0 aliphatic carbocycles. The summed E-state index contributed by atoms with van der Waals surface area (Å²) in [6.45, 7) is 13.4. The van der Waals surface area contributed by atoms with E-state index in [-0.39, 0.29) is 11.2 Å². The van der Waals surface area contributed by atoms with Gasteiger partial charge in [0.2, 0.25) is 0 Å². The Balaban J connectivity index is 2.08. The molecular formula is C15H28N2O3. The summed E-state index contributed by atoms with van der Waals surface area (Å²) >= 11 is 0. The average Bonchev–Trinajstić information content (AvgIpc) is 2.79. The van der Waals surface area contributed by atoms with Crippen LogP contribution in [0.25, 0.3) is 0 Å². The molecule has 0 aliphatic rings. The molecular weight excluding hydrogens is 256 g/mol. The molecule has 1 rings (SSSR count). The Morgan fingerprint density at radius 2 is 1.75 bits per heavy atom. The molecule has 0 aliphatic heterocycles. The number of hydrogen-bond acceptors (Lipinski definition) is 4. The van der Waals surface area contributed by atoms with Crippen LogP contribution in [0.5, 0.6) is 0 Å². The molecule has 0 bridgehead atoms. The molecule has 1 heterocycles.